The van der Waals surface area contributed by atoms with Gasteiger partial charge in [-0.05, 0) is 18.6 Å². The molecule has 108 valence electrons. The lowest BCUT2D eigenvalue weighted by Gasteiger charge is -2.16. The Morgan fingerprint density at radius 1 is 1.50 bits per heavy atom. The molecule has 0 bridgehead atoms. The first kappa shape index (κ1) is 14.1. The Balaban J connectivity index is 1.79. The number of nitrogens with zero attached hydrogens (tertiary/aromatic N) is 1. The van der Waals surface area contributed by atoms with E-state index >= 15 is 0 Å². The number of esters is 1. The van der Waals surface area contributed by atoms with Crippen LogP contribution in [0.25, 0.3) is 0 Å². The van der Waals surface area contributed by atoms with Crippen molar-refractivity contribution in [3.8, 4) is 0 Å². The van der Waals surface area contributed by atoms with Crippen molar-refractivity contribution in [1.29, 1.82) is 0 Å². The van der Waals surface area contributed by atoms with Gasteiger partial charge in [-0.2, -0.15) is 0 Å². The quantitative estimate of drug-likeness (QED) is 0.786. The Morgan fingerprint density at radius 2 is 2.30 bits per heavy atom. The van der Waals surface area contributed by atoms with Crippen molar-refractivity contribution in [2.24, 2.45) is 5.92 Å². The van der Waals surface area contributed by atoms with Crippen LogP contribution in [0.3, 0.4) is 0 Å². The average molecular weight is 280 g/mol. The normalized spacial score (nSPS) is 17.9. The summed E-state index contributed by atoms with van der Waals surface area (Å²) in [5.41, 5.74) is 0. The predicted molar refractivity (Wildman–Crippen MR) is 67.7 cm³/mol. The fourth-order valence-corrected chi connectivity index (χ4v) is 2.11. The van der Waals surface area contributed by atoms with E-state index in [0.717, 1.165) is 0 Å². The van der Waals surface area contributed by atoms with Crippen LogP contribution in [0.15, 0.2) is 22.8 Å². The molecule has 7 heteroatoms. The summed E-state index contributed by atoms with van der Waals surface area (Å²) in [5.74, 6) is -1.08. The van der Waals surface area contributed by atoms with Gasteiger partial charge in [-0.1, -0.05) is 0 Å². The van der Waals surface area contributed by atoms with E-state index in [2.05, 4.69) is 10.1 Å². The van der Waals surface area contributed by atoms with Crippen LogP contribution in [0.5, 0.6) is 0 Å². The van der Waals surface area contributed by atoms with E-state index in [1.165, 1.54) is 19.4 Å². The number of carbonyl (C=O) groups excluding carboxylic acids is 3. The van der Waals surface area contributed by atoms with Crippen LogP contribution in [0.4, 0.5) is 0 Å². The number of methoxy groups -OCH3 is 1. The zero-order valence-corrected chi connectivity index (χ0v) is 11.1. The van der Waals surface area contributed by atoms with Gasteiger partial charge in [-0.3, -0.25) is 14.4 Å². The number of amides is 2. The first-order valence-corrected chi connectivity index (χ1v) is 6.29. The third kappa shape index (κ3) is 3.17. The molecule has 1 fully saturated rings. The summed E-state index contributed by atoms with van der Waals surface area (Å²) in [6.07, 6.45) is 1.97. The van der Waals surface area contributed by atoms with Crippen molar-refractivity contribution in [2.75, 3.05) is 26.7 Å². The Hall–Kier alpha value is -2.31. The van der Waals surface area contributed by atoms with E-state index < -0.39 is 5.91 Å². The van der Waals surface area contributed by atoms with Crippen molar-refractivity contribution >= 4 is 17.8 Å². The molecule has 1 unspecified atom stereocenters. The van der Waals surface area contributed by atoms with E-state index in [-0.39, 0.29) is 30.1 Å². The van der Waals surface area contributed by atoms with E-state index in [1.54, 1.807) is 11.0 Å². The van der Waals surface area contributed by atoms with Crippen LogP contribution < -0.4 is 5.32 Å². The maximum absolute atomic E-state index is 11.9. The lowest BCUT2D eigenvalue weighted by atomic mass is 10.1. The number of rotatable bonds is 4. The zero-order valence-electron chi connectivity index (χ0n) is 11.1. The third-order valence-electron chi connectivity index (χ3n) is 3.22. The van der Waals surface area contributed by atoms with Crippen LogP contribution in [-0.2, 0) is 14.3 Å². The first-order valence-electron chi connectivity index (χ1n) is 6.29. The van der Waals surface area contributed by atoms with E-state index in [4.69, 9.17) is 4.42 Å². The summed E-state index contributed by atoms with van der Waals surface area (Å²) in [4.78, 5) is 36.4. The van der Waals surface area contributed by atoms with Crippen molar-refractivity contribution in [3.63, 3.8) is 0 Å². The van der Waals surface area contributed by atoms with Crippen molar-refractivity contribution in [2.45, 2.75) is 6.42 Å². The molecule has 1 aliphatic rings. The Labute approximate surface area is 115 Å². The molecule has 1 aromatic rings. The summed E-state index contributed by atoms with van der Waals surface area (Å²) >= 11 is 0. The Morgan fingerprint density at radius 3 is 2.95 bits per heavy atom. The van der Waals surface area contributed by atoms with Crippen LogP contribution in [0.2, 0.25) is 0 Å². The topological polar surface area (TPSA) is 88.9 Å². The van der Waals surface area contributed by atoms with Gasteiger partial charge < -0.3 is 19.4 Å². The van der Waals surface area contributed by atoms with Crippen molar-refractivity contribution in [3.05, 3.63) is 24.2 Å². The lowest BCUT2D eigenvalue weighted by Crippen LogP contribution is -2.39. The second-order valence-electron chi connectivity index (χ2n) is 4.51. The number of hydrogen-bond acceptors (Lipinski definition) is 5. The predicted octanol–water partition coefficient (Wildman–Crippen LogP) is 0.0309. The molecule has 0 radical (unpaired) electrons. The van der Waals surface area contributed by atoms with E-state index in [9.17, 15) is 14.4 Å². The van der Waals surface area contributed by atoms with Gasteiger partial charge in [0, 0.05) is 13.1 Å². The van der Waals surface area contributed by atoms with Crippen LogP contribution in [-0.4, -0.2) is 49.4 Å². The molecule has 7 nitrogen and oxygen atoms in total. The van der Waals surface area contributed by atoms with Gasteiger partial charge in [-0.25, -0.2) is 0 Å². The summed E-state index contributed by atoms with van der Waals surface area (Å²) in [5, 5.41) is 2.48. The first-order chi connectivity index (χ1) is 9.61. The number of hydrogen-bond donors (Lipinski definition) is 1. The van der Waals surface area contributed by atoms with Gasteiger partial charge in [0.25, 0.3) is 5.91 Å². The molecule has 2 rings (SSSR count). The second-order valence-corrected chi connectivity index (χ2v) is 4.51. The van der Waals surface area contributed by atoms with Gasteiger partial charge in [0.15, 0.2) is 5.76 Å². The summed E-state index contributed by atoms with van der Waals surface area (Å²) < 4.78 is 9.57. The van der Waals surface area contributed by atoms with Gasteiger partial charge in [0.05, 0.1) is 25.8 Å². The van der Waals surface area contributed by atoms with Crippen molar-refractivity contribution < 1.29 is 23.5 Å². The SMILES string of the molecule is COC(=O)C1CCN(C(=O)CNC(=O)c2ccco2)C1. The second kappa shape index (κ2) is 6.23. The van der Waals surface area contributed by atoms with E-state index in [0.29, 0.717) is 19.5 Å². The van der Waals surface area contributed by atoms with Gasteiger partial charge in [0.2, 0.25) is 5.91 Å². The fourth-order valence-electron chi connectivity index (χ4n) is 2.11. The smallest absolute Gasteiger partial charge is 0.310 e. The standard InChI is InChI=1S/C13H16N2O5/c1-19-13(18)9-4-5-15(8-9)11(16)7-14-12(17)10-3-2-6-20-10/h2-3,6,9H,4-5,7-8H2,1H3,(H,14,17). The van der Waals surface area contributed by atoms with Gasteiger partial charge in [0.1, 0.15) is 0 Å². The largest absolute Gasteiger partial charge is 0.469 e. The summed E-state index contributed by atoms with van der Waals surface area (Å²) in [6.45, 7) is 0.713. The highest BCUT2D eigenvalue weighted by Crippen LogP contribution is 2.17. The number of ether oxygens (including phenoxy) is 1. The molecule has 1 atom stereocenters. The Kier molecular flexibility index (Phi) is 4.39. The molecule has 0 aliphatic carbocycles. The highest BCUT2D eigenvalue weighted by molar-refractivity contribution is 5.94. The van der Waals surface area contributed by atoms with Crippen LogP contribution >= 0.6 is 0 Å². The highest BCUT2D eigenvalue weighted by atomic mass is 16.5. The van der Waals surface area contributed by atoms with Crippen LogP contribution in [0, 0.1) is 5.92 Å². The monoisotopic (exact) mass is 280 g/mol. The third-order valence-corrected chi connectivity index (χ3v) is 3.22. The lowest BCUT2D eigenvalue weighted by molar-refractivity contribution is -0.145. The minimum atomic E-state index is -0.438. The molecule has 2 heterocycles. The number of likely N-dealkylation sites (tertiary alicyclic amines) is 1. The molecule has 2 amide bonds. The molecular weight excluding hydrogens is 264 g/mol. The minimum absolute atomic E-state index is 0.118. The molecule has 1 N–H and O–H groups in total. The maximum Gasteiger partial charge on any atom is 0.310 e. The number of carbonyl (C=O) groups is 3. The molecule has 0 spiro atoms. The molecule has 0 saturated carbocycles. The molecule has 1 saturated heterocycles. The van der Waals surface area contributed by atoms with Gasteiger partial charge >= 0.3 is 5.97 Å². The van der Waals surface area contributed by atoms with Crippen molar-refractivity contribution in [1.82, 2.24) is 10.2 Å². The molecular formula is C13H16N2O5. The summed E-state index contributed by atoms with van der Waals surface area (Å²) in [7, 11) is 1.33. The van der Waals surface area contributed by atoms with E-state index in [1.807, 2.05) is 0 Å². The molecule has 1 aliphatic heterocycles. The zero-order chi connectivity index (χ0) is 14.5. The van der Waals surface area contributed by atoms with Gasteiger partial charge in [-0.15, -0.1) is 0 Å². The number of nitrogens with one attached hydrogen (secondary N) is 1. The average Bonchev–Trinajstić information content (AvgIpc) is 3.13. The molecule has 20 heavy (non-hydrogen) atoms. The highest BCUT2D eigenvalue weighted by Gasteiger charge is 2.31. The maximum atomic E-state index is 11.9. The molecule has 1 aromatic heterocycles. The van der Waals surface area contributed by atoms with Crippen LogP contribution in [0.1, 0.15) is 17.0 Å². The Bertz CT molecular complexity index is 497. The summed E-state index contributed by atoms with van der Waals surface area (Å²) in [6, 6.07) is 3.11. The minimum Gasteiger partial charge on any atom is -0.469 e. The number of furan rings is 1. The molecule has 0 aromatic carbocycles. The fraction of sp³-hybridized carbons (Fsp3) is 0.462.